The molecule has 0 aliphatic heterocycles. The van der Waals surface area contributed by atoms with E-state index in [-0.39, 0.29) is 33.5 Å². The molecule has 0 radical (unpaired) electrons. The second-order valence-electron chi connectivity index (χ2n) is 11.4. The second-order valence-corrected chi connectivity index (χ2v) is 14.5. The molecule has 8 heteroatoms. The topological polar surface area (TPSA) is 86.7 Å². The molecule has 4 atom stereocenters. The maximum absolute atomic E-state index is 13.5. The SMILES string of the molecule is Cc1ccc(S(=O)(=O)Oc2c3c(c(OS(=O)(=O)c4ccc(C)cc4)c4c2[C@@H]2CC[C@H]4C2)[C@H]2CC[C@@H]3C2)cc1. The number of rotatable bonds is 6. The molecule has 7 rings (SSSR count). The molecule has 0 N–H and O–H groups in total. The predicted octanol–water partition coefficient (Wildman–Crippen LogP) is 6.57. The Bertz CT molecular complexity index is 1500. The quantitative estimate of drug-likeness (QED) is 0.323. The highest BCUT2D eigenvalue weighted by molar-refractivity contribution is 7.87. The van der Waals surface area contributed by atoms with Gasteiger partial charge < -0.3 is 8.37 Å². The van der Waals surface area contributed by atoms with Crippen LogP contribution < -0.4 is 8.37 Å². The average Bonchev–Trinajstić information content (AvgIpc) is 3.67. The first-order valence-electron chi connectivity index (χ1n) is 13.4. The van der Waals surface area contributed by atoms with Crippen molar-refractivity contribution in [2.75, 3.05) is 0 Å². The van der Waals surface area contributed by atoms with Gasteiger partial charge in [0.05, 0.1) is 0 Å². The molecule has 198 valence electrons. The molecule has 0 saturated heterocycles. The smallest absolute Gasteiger partial charge is 0.339 e. The highest BCUT2D eigenvalue weighted by Crippen LogP contribution is 2.67. The summed E-state index contributed by atoms with van der Waals surface area (Å²) in [5.41, 5.74) is 5.37. The lowest BCUT2D eigenvalue weighted by Crippen LogP contribution is -2.19. The van der Waals surface area contributed by atoms with Crippen molar-refractivity contribution in [2.45, 2.75) is 85.8 Å². The highest BCUT2D eigenvalue weighted by atomic mass is 32.2. The summed E-state index contributed by atoms with van der Waals surface area (Å²) < 4.78 is 66.1. The third-order valence-electron chi connectivity index (χ3n) is 9.06. The van der Waals surface area contributed by atoms with Gasteiger partial charge in [-0.25, -0.2) is 0 Å². The van der Waals surface area contributed by atoms with Gasteiger partial charge in [-0.1, -0.05) is 35.4 Å². The van der Waals surface area contributed by atoms with Crippen molar-refractivity contribution in [1.29, 1.82) is 0 Å². The summed E-state index contributed by atoms with van der Waals surface area (Å²) in [5.74, 6) is 1.49. The van der Waals surface area contributed by atoms with Crippen molar-refractivity contribution in [3.63, 3.8) is 0 Å². The summed E-state index contributed by atoms with van der Waals surface area (Å²) >= 11 is 0. The van der Waals surface area contributed by atoms with Crippen molar-refractivity contribution in [1.82, 2.24) is 0 Å². The molecule has 4 bridgehead atoms. The summed E-state index contributed by atoms with van der Waals surface area (Å²) in [5, 5.41) is 0. The molecule has 2 saturated carbocycles. The van der Waals surface area contributed by atoms with Gasteiger partial charge in [-0.05, 0) is 100 Å². The Hall–Kier alpha value is -2.84. The van der Waals surface area contributed by atoms with Crippen LogP contribution in [0.1, 0.15) is 95.6 Å². The standard InChI is InChI=1S/C30H30O6S2/c1-17-3-11-23(12-4-17)37(31,32)35-29-25-19-7-9-21(15-19)27(25)30(28-22-10-8-20(16-22)26(28)29)36-38(33,34)24-13-5-18(2)6-14-24/h3-6,11-14,19-22H,7-10,15-16H2,1-2H3/t19-,20-,21+,22+. The lowest BCUT2D eigenvalue weighted by molar-refractivity contribution is 0.458. The highest BCUT2D eigenvalue weighted by Gasteiger charge is 2.51. The minimum absolute atomic E-state index is 0.124. The Labute approximate surface area is 224 Å². The van der Waals surface area contributed by atoms with E-state index in [0.29, 0.717) is 11.5 Å². The van der Waals surface area contributed by atoms with Crippen molar-refractivity contribution in [2.24, 2.45) is 0 Å². The Kier molecular flexibility index (Phi) is 5.31. The fourth-order valence-corrected chi connectivity index (χ4v) is 9.25. The van der Waals surface area contributed by atoms with Crippen LogP contribution in [0.2, 0.25) is 0 Å². The van der Waals surface area contributed by atoms with Gasteiger partial charge in [0.1, 0.15) is 9.79 Å². The third kappa shape index (κ3) is 3.63. The monoisotopic (exact) mass is 550 g/mol. The van der Waals surface area contributed by atoms with Gasteiger partial charge in [-0.2, -0.15) is 16.8 Å². The Morgan fingerprint density at radius 3 is 1.11 bits per heavy atom. The Balaban J connectivity index is 1.41. The molecule has 0 amide bonds. The van der Waals surface area contributed by atoms with E-state index in [1.54, 1.807) is 48.5 Å². The molecule has 0 aromatic heterocycles. The van der Waals surface area contributed by atoms with E-state index in [1.165, 1.54) is 0 Å². The van der Waals surface area contributed by atoms with Gasteiger partial charge in [0.2, 0.25) is 0 Å². The minimum atomic E-state index is -4.06. The van der Waals surface area contributed by atoms with Gasteiger partial charge >= 0.3 is 20.2 Å². The number of benzene rings is 3. The molecule has 3 aromatic carbocycles. The zero-order valence-corrected chi connectivity index (χ0v) is 23.1. The zero-order valence-electron chi connectivity index (χ0n) is 21.4. The molecule has 0 heterocycles. The van der Waals surface area contributed by atoms with Crippen LogP contribution in [0.15, 0.2) is 58.3 Å². The van der Waals surface area contributed by atoms with E-state index >= 15 is 0 Å². The molecule has 0 unspecified atom stereocenters. The first-order valence-corrected chi connectivity index (χ1v) is 16.2. The number of hydrogen-bond donors (Lipinski definition) is 0. The Morgan fingerprint density at radius 1 is 0.526 bits per heavy atom. The second kappa shape index (κ2) is 8.33. The first-order chi connectivity index (χ1) is 18.1. The van der Waals surface area contributed by atoms with Crippen LogP contribution in [0.25, 0.3) is 0 Å². The number of fused-ring (bicyclic) bond motifs is 10. The molecule has 4 aliphatic carbocycles. The van der Waals surface area contributed by atoms with Crippen LogP contribution in [0.4, 0.5) is 0 Å². The number of aryl methyl sites for hydroxylation is 2. The zero-order chi connectivity index (χ0) is 26.4. The van der Waals surface area contributed by atoms with Gasteiger partial charge in [-0.15, -0.1) is 0 Å². The van der Waals surface area contributed by atoms with Gasteiger partial charge in [-0.3, -0.25) is 0 Å². The molecule has 4 aliphatic rings. The molecule has 38 heavy (non-hydrogen) atoms. The van der Waals surface area contributed by atoms with E-state index in [1.807, 2.05) is 13.8 Å². The fourth-order valence-electron chi connectivity index (χ4n) is 7.32. The maximum atomic E-state index is 13.5. The van der Waals surface area contributed by atoms with Crippen molar-refractivity contribution < 1.29 is 25.2 Å². The summed E-state index contributed by atoms with van der Waals surface area (Å²) in [4.78, 5) is 0.248. The molecule has 6 nitrogen and oxygen atoms in total. The van der Waals surface area contributed by atoms with Crippen LogP contribution >= 0.6 is 0 Å². The molecular formula is C30H30O6S2. The molecule has 2 fully saturated rings. The summed E-state index contributed by atoms with van der Waals surface area (Å²) in [6, 6.07) is 13.4. The summed E-state index contributed by atoms with van der Waals surface area (Å²) in [6.45, 7) is 3.82. The van der Waals surface area contributed by atoms with Gasteiger partial charge in [0.15, 0.2) is 11.5 Å². The predicted molar refractivity (Wildman–Crippen MR) is 143 cm³/mol. The molecular weight excluding hydrogens is 520 g/mol. The van der Waals surface area contributed by atoms with Gasteiger partial charge in [0, 0.05) is 22.3 Å². The fraction of sp³-hybridized carbons (Fsp3) is 0.400. The summed E-state index contributed by atoms with van der Waals surface area (Å²) in [7, 11) is -8.12. The maximum Gasteiger partial charge on any atom is 0.339 e. The van der Waals surface area contributed by atoms with E-state index in [9.17, 15) is 16.8 Å². The largest absolute Gasteiger partial charge is 0.378 e. The van der Waals surface area contributed by atoms with Crippen LogP contribution in [-0.2, 0) is 20.2 Å². The van der Waals surface area contributed by atoms with E-state index < -0.39 is 20.2 Å². The van der Waals surface area contributed by atoms with Crippen molar-refractivity contribution in [3.05, 3.63) is 81.9 Å². The summed E-state index contributed by atoms with van der Waals surface area (Å²) in [6.07, 6.45) is 5.50. The number of hydrogen-bond acceptors (Lipinski definition) is 6. The van der Waals surface area contributed by atoms with E-state index in [0.717, 1.165) is 71.9 Å². The van der Waals surface area contributed by atoms with Crippen molar-refractivity contribution in [3.8, 4) is 11.5 Å². The van der Waals surface area contributed by atoms with Crippen LogP contribution in [0.5, 0.6) is 11.5 Å². The lowest BCUT2D eigenvalue weighted by atomic mass is 9.81. The normalized spacial score (nSPS) is 24.9. The van der Waals surface area contributed by atoms with E-state index in [2.05, 4.69) is 0 Å². The lowest BCUT2D eigenvalue weighted by Gasteiger charge is -2.29. The Morgan fingerprint density at radius 2 is 0.816 bits per heavy atom. The van der Waals surface area contributed by atoms with Crippen LogP contribution in [0, 0.1) is 13.8 Å². The first kappa shape index (κ1) is 24.2. The molecule has 3 aromatic rings. The van der Waals surface area contributed by atoms with Gasteiger partial charge in [0.25, 0.3) is 0 Å². The van der Waals surface area contributed by atoms with Crippen LogP contribution in [-0.4, -0.2) is 16.8 Å². The third-order valence-corrected chi connectivity index (χ3v) is 11.5. The van der Waals surface area contributed by atoms with Crippen LogP contribution in [0.3, 0.4) is 0 Å². The van der Waals surface area contributed by atoms with Crippen molar-refractivity contribution >= 4 is 20.2 Å². The van der Waals surface area contributed by atoms with E-state index in [4.69, 9.17) is 8.37 Å². The minimum Gasteiger partial charge on any atom is -0.378 e. The average molecular weight is 551 g/mol. The molecule has 0 spiro atoms.